The van der Waals surface area contributed by atoms with Gasteiger partial charge in [-0.05, 0) is 6.92 Å². The fraction of sp³-hybridized carbons (Fsp3) is 0.556. The summed E-state index contributed by atoms with van der Waals surface area (Å²) in [6.45, 7) is 4.20. The molecule has 0 fully saturated rings. The maximum atomic E-state index is 5.54. The van der Waals surface area contributed by atoms with Crippen molar-refractivity contribution in [3.05, 3.63) is 12.4 Å². The van der Waals surface area contributed by atoms with E-state index in [0.29, 0.717) is 12.4 Å². The highest BCUT2D eigenvalue weighted by Crippen LogP contribution is 2.09. The largest absolute Gasteiger partial charge is 0.384 e. The summed E-state index contributed by atoms with van der Waals surface area (Å²) >= 11 is 0. The first kappa shape index (κ1) is 10.7. The number of rotatable bonds is 5. The first-order valence-corrected chi connectivity index (χ1v) is 4.60. The van der Waals surface area contributed by atoms with E-state index in [4.69, 9.17) is 10.5 Å². The molecular weight excluding hydrogens is 180 g/mol. The van der Waals surface area contributed by atoms with Crippen LogP contribution in [0.4, 0.5) is 11.6 Å². The number of nitrogens with two attached hydrogens (primary N) is 1. The van der Waals surface area contributed by atoms with E-state index in [9.17, 15) is 0 Å². The maximum Gasteiger partial charge on any atom is 0.133 e. The van der Waals surface area contributed by atoms with E-state index in [1.54, 1.807) is 6.07 Å². The molecule has 78 valence electrons. The third-order valence-electron chi connectivity index (χ3n) is 1.84. The molecule has 1 aromatic rings. The van der Waals surface area contributed by atoms with Gasteiger partial charge in [0.25, 0.3) is 0 Å². The number of hydrogen-bond acceptors (Lipinski definition) is 5. The van der Waals surface area contributed by atoms with Gasteiger partial charge in [0, 0.05) is 26.3 Å². The van der Waals surface area contributed by atoms with E-state index < -0.39 is 0 Å². The van der Waals surface area contributed by atoms with Gasteiger partial charge in [-0.25, -0.2) is 9.97 Å². The average Bonchev–Trinajstić information content (AvgIpc) is 2.18. The zero-order chi connectivity index (χ0) is 10.4. The molecule has 0 radical (unpaired) electrons. The lowest BCUT2D eigenvalue weighted by atomic mass is 10.5. The molecule has 0 atom stereocenters. The van der Waals surface area contributed by atoms with Crippen molar-refractivity contribution in [1.29, 1.82) is 0 Å². The second-order valence-electron chi connectivity index (χ2n) is 2.92. The van der Waals surface area contributed by atoms with Crippen molar-refractivity contribution in [2.45, 2.75) is 6.92 Å². The van der Waals surface area contributed by atoms with Crippen molar-refractivity contribution in [3.63, 3.8) is 0 Å². The van der Waals surface area contributed by atoms with Gasteiger partial charge >= 0.3 is 0 Å². The van der Waals surface area contributed by atoms with E-state index >= 15 is 0 Å². The summed E-state index contributed by atoms with van der Waals surface area (Å²) in [5.74, 6) is 1.30. The molecule has 0 aliphatic carbocycles. The summed E-state index contributed by atoms with van der Waals surface area (Å²) in [6, 6.07) is 1.74. The van der Waals surface area contributed by atoms with Gasteiger partial charge in [0.1, 0.15) is 18.0 Å². The molecule has 0 amide bonds. The SMILES string of the molecule is CCOCCN(C)c1cc(N)ncn1. The Balaban J connectivity index is 2.47. The quantitative estimate of drug-likeness (QED) is 0.696. The molecule has 5 heteroatoms. The zero-order valence-electron chi connectivity index (χ0n) is 8.60. The van der Waals surface area contributed by atoms with Crippen LogP contribution in [0.2, 0.25) is 0 Å². The van der Waals surface area contributed by atoms with Crippen LogP contribution in [0.15, 0.2) is 12.4 Å². The molecular formula is C9H16N4O. The number of likely N-dealkylation sites (N-methyl/N-ethyl adjacent to an activating group) is 1. The Morgan fingerprint density at radius 2 is 2.29 bits per heavy atom. The van der Waals surface area contributed by atoms with E-state index in [-0.39, 0.29) is 0 Å². The van der Waals surface area contributed by atoms with Crippen LogP contribution in [0, 0.1) is 0 Å². The average molecular weight is 196 g/mol. The number of anilines is 2. The van der Waals surface area contributed by atoms with Crippen LogP contribution in [0.1, 0.15) is 6.92 Å². The summed E-state index contributed by atoms with van der Waals surface area (Å²) < 4.78 is 5.24. The zero-order valence-corrected chi connectivity index (χ0v) is 8.60. The first-order chi connectivity index (χ1) is 6.74. The highest BCUT2D eigenvalue weighted by Gasteiger charge is 2.02. The molecule has 5 nitrogen and oxygen atoms in total. The van der Waals surface area contributed by atoms with E-state index in [2.05, 4.69) is 9.97 Å². The molecule has 1 aromatic heterocycles. The molecule has 14 heavy (non-hydrogen) atoms. The number of hydrogen-bond donors (Lipinski definition) is 1. The third kappa shape index (κ3) is 3.18. The van der Waals surface area contributed by atoms with Crippen LogP contribution in [0.3, 0.4) is 0 Å². The minimum absolute atomic E-state index is 0.484. The molecule has 1 rings (SSSR count). The Kier molecular flexibility index (Phi) is 4.12. The van der Waals surface area contributed by atoms with Gasteiger partial charge in [0.2, 0.25) is 0 Å². The minimum Gasteiger partial charge on any atom is -0.384 e. The summed E-state index contributed by atoms with van der Waals surface area (Å²) in [4.78, 5) is 9.90. The molecule has 0 saturated carbocycles. The van der Waals surface area contributed by atoms with Crippen molar-refractivity contribution >= 4 is 11.6 Å². The smallest absolute Gasteiger partial charge is 0.133 e. The lowest BCUT2D eigenvalue weighted by Crippen LogP contribution is -2.23. The van der Waals surface area contributed by atoms with Gasteiger partial charge in [0.15, 0.2) is 0 Å². The summed E-state index contributed by atoms with van der Waals surface area (Å²) in [7, 11) is 1.95. The first-order valence-electron chi connectivity index (χ1n) is 4.60. The van der Waals surface area contributed by atoms with Gasteiger partial charge in [-0.1, -0.05) is 0 Å². The van der Waals surface area contributed by atoms with Crippen molar-refractivity contribution in [2.75, 3.05) is 37.4 Å². The lowest BCUT2D eigenvalue weighted by molar-refractivity contribution is 0.154. The van der Waals surface area contributed by atoms with Gasteiger partial charge in [-0.2, -0.15) is 0 Å². The minimum atomic E-state index is 0.484. The van der Waals surface area contributed by atoms with Gasteiger partial charge in [0.05, 0.1) is 6.61 Å². The molecule has 0 aliphatic heterocycles. The third-order valence-corrected chi connectivity index (χ3v) is 1.84. The monoisotopic (exact) mass is 196 g/mol. The molecule has 0 bridgehead atoms. The standard InChI is InChI=1S/C9H16N4O/c1-3-14-5-4-13(2)9-6-8(10)11-7-12-9/h6-7H,3-5H2,1-2H3,(H2,10,11,12). The Labute approximate surface area is 83.9 Å². The molecule has 2 N–H and O–H groups in total. The van der Waals surface area contributed by atoms with Crippen molar-refractivity contribution in [3.8, 4) is 0 Å². The maximum absolute atomic E-state index is 5.54. The molecule has 0 unspecified atom stereocenters. The van der Waals surface area contributed by atoms with E-state index in [1.165, 1.54) is 6.33 Å². The number of aromatic nitrogens is 2. The molecule has 1 heterocycles. The normalized spacial score (nSPS) is 10.1. The Hall–Kier alpha value is -1.36. The van der Waals surface area contributed by atoms with Gasteiger partial charge < -0.3 is 15.4 Å². The van der Waals surface area contributed by atoms with Gasteiger partial charge in [-0.3, -0.25) is 0 Å². The fourth-order valence-electron chi connectivity index (χ4n) is 1.03. The predicted octanol–water partition coefficient (Wildman–Crippen LogP) is 0.531. The second kappa shape index (κ2) is 5.39. The molecule has 0 spiro atoms. The highest BCUT2D eigenvalue weighted by molar-refractivity contribution is 5.44. The summed E-state index contributed by atoms with van der Waals surface area (Å²) in [5.41, 5.74) is 5.54. The Bertz CT molecular complexity index is 279. The molecule has 0 aromatic carbocycles. The number of nitrogens with zero attached hydrogens (tertiary/aromatic N) is 3. The highest BCUT2D eigenvalue weighted by atomic mass is 16.5. The number of nitrogen functional groups attached to an aromatic ring is 1. The van der Waals surface area contributed by atoms with E-state index in [0.717, 1.165) is 19.0 Å². The van der Waals surface area contributed by atoms with Crippen molar-refractivity contribution in [1.82, 2.24) is 9.97 Å². The van der Waals surface area contributed by atoms with Crippen molar-refractivity contribution < 1.29 is 4.74 Å². The van der Waals surface area contributed by atoms with Crippen LogP contribution in [0.25, 0.3) is 0 Å². The Morgan fingerprint density at radius 1 is 1.50 bits per heavy atom. The second-order valence-corrected chi connectivity index (χ2v) is 2.92. The fourth-order valence-corrected chi connectivity index (χ4v) is 1.03. The van der Waals surface area contributed by atoms with Crippen LogP contribution in [-0.4, -0.2) is 36.8 Å². The number of ether oxygens (including phenoxy) is 1. The molecule has 0 aliphatic rings. The van der Waals surface area contributed by atoms with Crippen molar-refractivity contribution in [2.24, 2.45) is 0 Å². The van der Waals surface area contributed by atoms with Crippen LogP contribution < -0.4 is 10.6 Å². The lowest BCUT2D eigenvalue weighted by Gasteiger charge is -2.17. The Morgan fingerprint density at radius 3 is 2.93 bits per heavy atom. The molecule has 0 saturated heterocycles. The summed E-state index contributed by atoms with van der Waals surface area (Å²) in [6.07, 6.45) is 1.46. The van der Waals surface area contributed by atoms with E-state index in [1.807, 2.05) is 18.9 Å². The van der Waals surface area contributed by atoms with Crippen LogP contribution in [0.5, 0.6) is 0 Å². The summed E-state index contributed by atoms with van der Waals surface area (Å²) in [5, 5.41) is 0. The van der Waals surface area contributed by atoms with Crippen LogP contribution in [-0.2, 0) is 4.74 Å². The van der Waals surface area contributed by atoms with Crippen LogP contribution >= 0.6 is 0 Å². The predicted molar refractivity (Wildman–Crippen MR) is 56.2 cm³/mol. The van der Waals surface area contributed by atoms with Gasteiger partial charge in [-0.15, -0.1) is 0 Å². The topological polar surface area (TPSA) is 64.3 Å².